The van der Waals surface area contributed by atoms with Gasteiger partial charge in [-0.1, -0.05) is 23.4 Å². The zero-order valence-electron chi connectivity index (χ0n) is 10.1. The van der Waals surface area contributed by atoms with E-state index in [1.807, 2.05) is 0 Å². The highest BCUT2D eigenvalue weighted by atomic mass is 35.5. The summed E-state index contributed by atoms with van der Waals surface area (Å²) in [6.07, 6.45) is 1.43. The minimum atomic E-state index is -0.361. The predicted molar refractivity (Wildman–Crippen MR) is 77.9 cm³/mol. The van der Waals surface area contributed by atoms with Crippen LogP contribution in [0.1, 0.15) is 0 Å². The summed E-state index contributed by atoms with van der Waals surface area (Å²) in [5.41, 5.74) is 5.07. The standard InChI is InChI=1S/C11H10ClN5O2S/c12-6-1-2-8(14-4-6)16-10(19)5-20-11-15-7(13)3-9(18)17-11/h1-4H,5H2,(H,14,16,19)(H3,13,15,17,18). The first-order valence-electron chi connectivity index (χ1n) is 5.44. The zero-order chi connectivity index (χ0) is 14.5. The van der Waals surface area contributed by atoms with Gasteiger partial charge in [0.1, 0.15) is 11.6 Å². The minimum absolute atomic E-state index is 0.0662. The number of nitrogens with zero attached hydrogens (tertiary/aromatic N) is 2. The van der Waals surface area contributed by atoms with Crippen LogP contribution in [0.3, 0.4) is 0 Å². The molecule has 104 valence electrons. The van der Waals surface area contributed by atoms with Crippen molar-refractivity contribution >= 4 is 40.9 Å². The van der Waals surface area contributed by atoms with E-state index in [9.17, 15) is 9.59 Å². The minimum Gasteiger partial charge on any atom is -0.383 e. The van der Waals surface area contributed by atoms with Crippen molar-refractivity contribution in [2.45, 2.75) is 5.16 Å². The molecule has 2 aromatic rings. The van der Waals surface area contributed by atoms with Crippen molar-refractivity contribution in [3.63, 3.8) is 0 Å². The van der Waals surface area contributed by atoms with Crippen molar-refractivity contribution in [1.82, 2.24) is 15.0 Å². The molecule has 0 atom stereocenters. The average Bonchev–Trinajstić information content (AvgIpc) is 2.38. The highest BCUT2D eigenvalue weighted by Crippen LogP contribution is 2.13. The summed E-state index contributed by atoms with van der Waals surface area (Å²) in [6, 6.07) is 4.38. The monoisotopic (exact) mass is 311 g/mol. The third-order valence-corrected chi connectivity index (χ3v) is 3.17. The fourth-order valence-electron chi connectivity index (χ4n) is 1.28. The molecule has 0 bridgehead atoms. The number of amides is 1. The number of aromatic amines is 1. The molecule has 9 heteroatoms. The van der Waals surface area contributed by atoms with Gasteiger partial charge in [0.2, 0.25) is 5.91 Å². The van der Waals surface area contributed by atoms with Crippen molar-refractivity contribution < 1.29 is 4.79 Å². The molecule has 0 radical (unpaired) electrons. The number of thioether (sulfide) groups is 1. The SMILES string of the molecule is Nc1cc(=O)[nH]c(SCC(=O)Nc2ccc(Cl)cn2)n1. The van der Waals surface area contributed by atoms with E-state index in [0.29, 0.717) is 10.8 Å². The van der Waals surface area contributed by atoms with Crippen LogP contribution in [0, 0.1) is 0 Å². The quantitative estimate of drug-likeness (QED) is 0.576. The predicted octanol–water partition coefficient (Wildman–Crippen LogP) is 1.13. The number of anilines is 2. The van der Waals surface area contributed by atoms with Gasteiger partial charge >= 0.3 is 0 Å². The number of carbonyl (C=O) groups excluding carboxylic acids is 1. The molecule has 4 N–H and O–H groups in total. The Morgan fingerprint density at radius 1 is 1.50 bits per heavy atom. The Morgan fingerprint density at radius 3 is 2.95 bits per heavy atom. The number of nitrogen functional groups attached to an aromatic ring is 1. The second-order valence-corrected chi connectivity index (χ2v) is 5.07. The fourth-order valence-corrected chi connectivity index (χ4v) is 2.08. The van der Waals surface area contributed by atoms with Crippen LogP contribution in [-0.2, 0) is 4.79 Å². The van der Waals surface area contributed by atoms with E-state index >= 15 is 0 Å². The first-order chi connectivity index (χ1) is 9.52. The lowest BCUT2D eigenvalue weighted by Gasteiger charge is -2.04. The summed E-state index contributed by atoms with van der Waals surface area (Å²) in [4.78, 5) is 33.2. The number of H-pyrrole nitrogens is 1. The van der Waals surface area contributed by atoms with E-state index in [1.54, 1.807) is 12.1 Å². The van der Waals surface area contributed by atoms with E-state index in [2.05, 4.69) is 20.3 Å². The number of hydrogen-bond donors (Lipinski definition) is 3. The molecule has 0 saturated carbocycles. The highest BCUT2D eigenvalue weighted by Gasteiger charge is 2.06. The van der Waals surface area contributed by atoms with Crippen molar-refractivity contribution in [2.75, 3.05) is 16.8 Å². The lowest BCUT2D eigenvalue weighted by Crippen LogP contribution is -2.16. The Kier molecular flexibility index (Phi) is 4.59. The van der Waals surface area contributed by atoms with Crippen LogP contribution >= 0.6 is 23.4 Å². The van der Waals surface area contributed by atoms with Gasteiger partial charge in [-0.3, -0.25) is 9.59 Å². The van der Waals surface area contributed by atoms with Crippen LogP contribution in [0.5, 0.6) is 0 Å². The number of aromatic nitrogens is 3. The molecule has 0 unspecified atom stereocenters. The summed E-state index contributed by atoms with van der Waals surface area (Å²) in [7, 11) is 0. The average molecular weight is 312 g/mol. The molecule has 2 rings (SSSR count). The summed E-state index contributed by atoms with van der Waals surface area (Å²) >= 11 is 6.75. The molecule has 1 amide bonds. The van der Waals surface area contributed by atoms with Crippen molar-refractivity contribution in [2.24, 2.45) is 0 Å². The molecule has 0 spiro atoms. The number of pyridine rings is 1. The Labute approximate surface area is 123 Å². The van der Waals surface area contributed by atoms with Crippen molar-refractivity contribution in [1.29, 1.82) is 0 Å². The van der Waals surface area contributed by atoms with Gasteiger partial charge in [0.25, 0.3) is 5.56 Å². The Balaban J connectivity index is 1.92. The van der Waals surface area contributed by atoms with E-state index in [0.717, 1.165) is 11.8 Å². The lowest BCUT2D eigenvalue weighted by molar-refractivity contribution is -0.113. The molecule has 0 aliphatic rings. The van der Waals surface area contributed by atoms with Crippen LogP contribution in [-0.4, -0.2) is 26.6 Å². The second kappa shape index (κ2) is 6.40. The Hall–Kier alpha value is -2.06. The first kappa shape index (κ1) is 14.4. The third-order valence-electron chi connectivity index (χ3n) is 2.07. The Bertz CT molecular complexity index is 673. The van der Waals surface area contributed by atoms with Gasteiger partial charge in [-0.2, -0.15) is 0 Å². The summed E-state index contributed by atoms with van der Waals surface area (Å²) in [5, 5.41) is 3.36. The van der Waals surface area contributed by atoms with Crippen molar-refractivity contribution in [3.05, 3.63) is 39.8 Å². The number of hydrogen-bond acceptors (Lipinski definition) is 6. The normalized spacial score (nSPS) is 10.2. The van der Waals surface area contributed by atoms with E-state index in [4.69, 9.17) is 17.3 Å². The van der Waals surface area contributed by atoms with Crippen LogP contribution in [0.15, 0.2) is 34.3 Å². The molecular formula is C11H10ClN5O2S. The summed E-state index contributed by atoms with van der Waals surface area (Å²) in [5.74, 6) is 0.288. The number of halogens is 1. The van der Waals surface area contributed by atoms with E-state index in [1.165, 1.54) is 12.3 Å². The van der Waals surface area contributed by atoms with Crippen LogP contribution in [0.2, 0.25) is 5.02 Å². The number of carbonyl (C=O) groups is 1. The molecule has 0 aliphatic carbocycles. The van der Waals surface area contributed by atoms with Gasteiger partial charge in [-0.05, 0) is 12.1 Å². The van der Waals surface area contributed by atoms with Gasteiger partial charge in [0.05, 0.1) is 10.8 Å². The van der Waals surface area contributed by atoms with Crippen molar-refractivity contribution in [3.8, 4) is 0 Å². The maximum Gasteiger partial charge on any atom is 0.253 e. The van der Waals surface area contributed by atoms with Crippen LogP contribution in [0.25, 0.3) is 0 Å². The largest absolute Gasteiger partial charge is 0.383 e. The first-order valence-corrected chi connectivity index (χ1v) is 6.80. The molecule has 0 saturated heterocycles. The zero-order valence-corrected chi connectivity index (χ0v) is 11.7. The van der Waals surface area contributed by atoms with Gasteiger partial charge in [0.15, 0.2) is 5.16 Å². The van der Waals surface area contributed by atoms with E-state index in [-0.39, 0.29) is 28.2 Å². The molecule has 20 heavy (non-hydrogen) atoms. The molecule has 0 aromatic carbocycles. The van der Waals surface area contributed by atoms with Crippen LogP contribution < -0.4 is 16.6 Å². The maximum absolute atomic E-state index is 11.7. The summed E-state index contributed by atoms with van der Waals surface area (Å²) in [6.45, 7) is 0. The van der Waals surface area contributed by atoms with Gasteiger partial charge in [0, 0.05) is 12.3 Å². The van der Waals surface area contributed by atoms with E-state index < -0.39 is 0 Å². The lowest BCUT2D eigenvalue weighted by atomic mass is 10.4. The number of rotatable bonds is 4. The molecule has 2 aromatic heterocycles. The molecule has 0 aliphatic heterocycles. The topological polar surface area (TPSA) is 114 Å². The highest BCUT2D eigenvalue weighted by molar-refractivity contribution is 7.99. The fraction of sp³-hybridized carbons (Fsp3) is 0.0909. The smallest absolute Gasteiger partial charge is 0.253 e. The number of nitrogens with one attached hydrogen (secondary N) is 2. The molecule has 7 nitrogen and oxygen atoms in total. The molecule has 2 heterocycles. The van der Waals surface area contributed by atoms with Gasteiger partial charge in [-0.15, -0.1) is 0 Å². The van der Waals surface area contributed by atoms with Gasteiger partial charge in [-0.25, -0.2) is 9.97 Å². The molecular weight excluding hydrogens is 302 g/mol. The summed E-state index contributed by atoms with van der Waals surface area (Å²) < 4.78 is 0. The molecule has 0 fully saturated rings. The second-order valence-electron chi connectivity index (χ2n) is 3.67. The Morgan fingerprint density at radius 2 is 2.30 bits per heavy atom. The third kappa shape index (κ3) is 4.25. The number of nitrogens with two attached hydrogens (primary N) is 1. The van der Waals surface area contributed by atoms with Crippen LogP contribution in [0.4, 0.5) is 11.6 Å². The van der Waals surface area contributed by atoms with Gasteiger partial charge < -0.3 is 16.0 Å². The maximum atomic E-state index is 11.7.